The topological polar surface area (TPSA) is 55.1 Å². The van der Waals surface area contributed by atoms with Crippen LogP contribution >= 0.6 is 11.3 Å². The largest absolute Gasteiger partial charge is 0.351 e. The van der Waals surface area contributed by atoms with Crippen LogP contribution in [0, 0.1) is 24.7 Å². The van der Waals surface area contributed by atoms with Crippen LogP contribution in [0.25, 0.3) is 0 Å². The van der Waals surface area contributed by atoms with E-state index >= 15 is 0 Å². The predicted octanol–water partition coefficient (Wildman–Crippen LogP) is 2.05. The Kier molecular flexibility index (Phi) is 3.16. The highest BCUT2D eigenvalue weighted by Gasteiger charge is 2.48. The van der Waals surface area contributed by atoms with Crippen LogP contribution in [0.3, 0.4) is 0 Å². The van der Waals surface area contributed by atoms with Crippen molar-refractivity contribution in [2.75, 3.05) is 0 Å². The molecule has 4 atom stereocenters. The van der Waals surface area contributed by atoms with E-state index in [1.165, 1.54) is 23.3 Å². The van der Waals surface area contributed by atoms with Gasteiger partial charge in [-0.3, -0.25) is 4.79 Å². The molecule has 1 aromatic rings. The summed E-state index contributed by atoms with van der Waals surface area (Å²) in [5, 5.41) is 5.14. The third-order valence-electron chi connectivity index (χ3n) is 4.67. The fourth-order valence-electron chi connectivity index (χ4n) is 3.60. The molecule has 4 heteroatoms. The maximum Gasteiger partial charge on any atom is 0.225 e. The Balaban J connectivity index is 1.61. The molecule has 4 unspecified atom stereocenters. The van der Waals surface area contributed by atoms with Crippen LogP contribution in [0.4, 0.5) is 0 Å². The average Bonchev–Trinajstić information content (AvgIpc) is 3.02. The van der Waals surface area contributed by atoms with E-state index in [0.29, 0.717) is 18.4 Å². The zero-order valence-corrected chi connectivity index (χ0v) is 11.5. The van der Waals surface area contributed by atoms with Gasteiger partial charge in [0.05, 0.1) is 12.5 Å². The van der Waals surface area contributed by atoms with Crippen molar-refractivity contribution in [3.8, 4) is 0 Å². The van der Waals surface area contributed by atoms with Crippen molar-refractivity contribution in [1.82, 2.24) is 5.32 Å². The second kappa shape index (κ2) is 4.67. The number of hydrogen-bond donors (Lipinski definition) is 2. The minimum Gasteiger partial charge on any atom is -0.351 e. The number of nitrogens with two attached hydrogens (primary N) is 1. The molecular weight excluding hydrogens is 244 g/mol. The van der Waals surface area contributed by atoms with E-state index in [9.17, 15) is 4.79 Å². The SMILES string of the molecule is Cc1ccsc1CNC(=O)C1C2CCC(C2)C1N. The second-order valence-corrected chi connectivity index (χ2v) is 6.68. The zero-order valence-electron chi connectivity index (χ0n) is 10.7. The van der Waals surface area contributed by atoms with E-state index in [4.69, 9.17) is 5.73 Å². The molecule has 1 heterocycles. The average molecular weight is 264 g/mol. The summed E-state index contributed by atoms with van der Waals surface area (Å²) in [4.78, 5) is 13.5. The Hall–Kier alpha value is -0.870. The van der Waals surface area contributed by atoms with Crippen molar-refractivity contribution in [1.29, 1.82) is 0 Å². The van der Waals surface area contributed by atoms with E-state index in [1.54, 1.807) is 11.3 Å². The molecule has 0 spiro atoms. The quantitative estimate of drug-likeness (QED) is 0.878. The summed E-state index contributed by atoms with van der Waals surface area (Å²) in [6.07, 6.45) is 3.57. The standard InChI is InChI=1S/C14H20N2OS/c1-8-4-5-18-11(8)7-16-14(17)12-9-2-3-10(6-9)13(12)15/h4-5,9-10,12-13H,2-3,6-7,15H2,1H3,(H,16,17). The molecule has 98 valence electrons. The minimum absolute atomic E-state index is 0.0593. The molecule has 2 saturated carbocycles. The molecule has 3 nitrogen and oxygen atoms in total. The highest BCUT2D eigenvalue weighted by atomic mass is 32.1. The van der Waals surface area contributed by atoms with Crippen LogP contribution in [-0.4, -0.2) is 11.9 Å². The number of hydrogen-bond acceptors (Lipinski definition) is 3. The van der Waals surface area contributed by atoms with Crippen LogP contribution in [0.1, 0.15) is 29.7 Å². The lowest BCUT2D eigenvalue weighted by Gasteiger charge is -2.26. The number of carbonyl (C=O) groups excluding carboxylic acids is 1. The lowest BCUT2D eigenvalue weighted by Crippen LogP contribution is -2.45. The van der Waals surface area contributed by atoms with Crippen molar-refractivity contribution in [2.45, 2.75) is 38.8 Å². The first-order valence-electron chi connectivity index (χ1n) is 6.73. The van der Waals surface area contributed by atoms with Gasteiger partial charge in [0, 0.05) is 10.9 Å². The Morgan fingerprint density at radius 2 is 2.28 bits per heavy atom. The highest BCUT2D eigenvalue weighted by Crippen LogP contribution is 2.47. The van der Waals surface area contributed by atoms with Crippen molar-refractivity contribution in [3.05, 3.63) is 21.9 Å². The number of nitrogens with one attached hydrogen (secondary N) is 1. The molecule has 2 aliphatic carbocycles. The maximum atomic E-state index is 12.3. The van der Waals surface area contributed by atoms with Crippen LogP contribution in [-0.2, 0) is 11.3 Å². The number of amides is 1. The van der Waals surface area contributed by atoms with Gasteiger partial charge < -0.3 is 11.1 Å². The van der Waals surface area contributed by atoms with Gasteiger partial charge in [-0.25, -0.2) is 0 Å². The number of rotatable bonds is 3. The summed E-state index contributed by atoms with van der Waals surface area (Å²) < 4.78 is 0. The number of thiophene rings is 1. The normalized spacial score (nSPS) is 33.9. The van der Waals surface area contributed by atoms with Crippen LogP contribution in [0.5, 0.6) is 0 Å². The van der Waals surface area contributed by atoms with Crippen molar-refractivity contribution in [2.24, 2.45) is 23.5 Å². The monoisotopic (exact) mass is 264 g/mol. The van der Waals surface area contributed by atoms with Gasteiger partial charge in [0.2, 0.25) is 5.91 Å². The molecule has 0 aliphatic heterocycles. The van der Waals surface area contributed by atoms with Gasteiger partial charge in [0.15, 0.2) is 0 Å². The summed E-state index contributed by atoms with van der Waals surface area (Å²) in [7, 11) is 0. The van der Waals surface area contributed by atoms with Crippen LogP contribution < -0.4 is 11.1 Å². The number of fused-ring (bicyclic) bond motifs is 2. The minimum atomic E-state index is 0.0593. The Morgan fingerprint density at radius 3 is 2.89 bits per heavy atom. The third-order valence-corrected chi connectivity index (χ3v) is 5.70. The smallest absolute Gasteiger partial charge is 0.225 e. The van der Waals surface area contributed by atoms with E-state index in [-0.39, 0.29) is 17.9 Å². The van der Waals surface area contributed by atoms with E-state index in [2.05, 4.69) is 23.7 Å². The van der Waals surface area contributed by atoms with Gasteiger partial charge in [-0.15, -0.1) is 11.3 Å². The maximum absolute atomic E-state index is 12.3. The van der Waals surface area contributed by atoms with Gasteiger partial charge in [0.25, 0.3) is 0 Å². The molecule has 0 saturated heterocycles. The fourth-order valence-corrected chi connectivity index (χ4v) is 4.44. The molecule has 3 rings (SSSR count). The van der Waals surface area contributed by atoms with Crippen LogP contribution in [0.2, 0.25) is 0 Å². The Bertz CT molecular complexity index is 454. The number of aryl methyl sites for hydroxylation is 1. The van der Waals surface area contributed by atoms with E-state index < -0.39 is 0 Å². The summed E-state index contributed by atoms with van der Waals surface area (Å²) in [5.41, 5.74) is 7.45. The molecule has 1 aromatic heterocycles. The molecular formula is C14H20N2OS. The van der Waals surface area contributed by atoms with Gasteiger partial charge in [-0.2, -0.15) is 0 Å². The van der Waals surface area contributed by atoms with Gasteiger partial charge in [0.1, 0.15) is 0 Å². The van der Waals surface area contributed by atoms with Gasteiger partial charge in [-0.1, -0.05) is 0 Å². The number of carbonyl (C=O) groups is 1. The molecule has 0 radical (unpaired) electrons. The Morgan fingerprint density at radius 1 is 1.50 bits per heavy atom. The molecule has 3 N–H and O–H groups in total. The first-order valence-corrected chi connectivity index (χ1v) is 7.61. The first-order chi connectivity index (χ1) is 8.66. The first kappa shape index (κ1) is 12.2. The lowest BCUT2D eigenvalue weighted by molar-refractivity contribution is -0.127. The highest BCUT2D eigenvalue weighted by molar-refractivity contribution is 7.10. The van der Waals surface area contributed by atoms with Gasteiger partial charge in [-0.05, 0) is 55.0 Å². The van der Waals surface area contributed by atoms with Crippen LogP contribution in [0.15, 0.2) is 11.4 Å². The molecule has 0 aromatic carbocycles. The van der Waals surface area contributed by atoms with E-state index in [1.807, 2.05) is 0 Å². The third kappa shape index (κ3) is 1.97. The Labute approximate surface area is 112 Å². The van der Waals surface area contributed by atoms with Crippen molar-refractivity contribution >= 4 is 17.2 Å². The lowest BCUT2D eigenvalue weighted by atomic mass is 9.84. The fraction of sp³-hybridized carbons (Fsp3) is 0.643. The zero-order chi connectivity index (χ0) is 12.7. The molecule has 18 heavy (non-hydrogen) atoms. The summed E-state index contributed by atoms with van der Waals surface area (Å²) in [6.45, 7) is 2.74. The predicted molar refractivity (Wildman–Crippen MR) is 73.2 cm³/mol. The summed E-state index contributed by atoms with van der Waals surface area (Å²) in [6, 6.07) is 2.18. The molecule has 2 aliphatic rings. The summed E-state index contributed by atoms with van der Waals surface area (Å²) in [5.74, 6) is 1.36. The van der Waals surface area contributed by atoms with Crippen molar-refractivity contribution < 1.29 is 4.79 Å². The summed E-state index contributed by atoms with van der Waals surface area (Å²) >= 11 is 1.70. The second-order valence-electron chi connectivity index (χ2n) is 5.68. The molecule has 1 amide bonds. The molecule has 2 fully saturated rings. The van der Waals surface area contributed by atoms with Crippen molar-refractivity contribution in [3.63, 3.8) is 0 Å². The van der Waals surface area contributed by atoms with Gasteiger partial charge >= 0.3 is 0 Å². The molecule has 2 bridgehead atoms. The van der Waals surface area contributed by atoms with E-state index in [0.717, 1.165) is 6.42 Å².